The molecule has 25 heavy (non-hydrogen) atoms. The lowest BCUT2D eigenvalue weighted by Crippen LogP contribution is -2.47. The average Bonchev–Trinajstić information content (AvgIpc) is 3.28. The highest BCUT2D eigenvalue weighted by Crippen LogP contribution is 2.37. The van der Waals surface area contributed by atoms with Crippen molar-refractivity contribution in [1.82, 2.24) is 15.4 Å². The first-order chi connectivity index (χ1) is 12.2. The zero-order chi connectivity index (χ0) is 17.4. The van der Waals surface area contributed by atoms with Crippen molar-refractivity contribution in [3.63, 3.8) is 0 Å². The van der Waals surface area contributed by atoms with Gasteiger partial charge in [-0.15, -0.1) is 0 Å². The van der Waals surface area contributed by atoms with Crippen molar-refractivity contribution in [2.24, 2.45) is 0 Å². The van der Waals surface area contributed by atoms with Crippen LogP contribution in [0.15, 0.2) is 36.7 Å². The maximum atomic E-state index is 11.4. The SMILES string of the molecule is COc1cccc(N2CC3CC2CN3c2ncc(C(=O)NO)cn2)c1. The Hall–Kier alpha value is -2.87. The van der Waals surface area contributed by atoms with Gasteiger partial charge in [-0.3, -0.25) is 10.0 Å². The summed E-state index contributed by atoms with van der Waals surface area (Å²) in [5.74, 6) is 0.865. The number of piperazine rings is 1. The number of aromatic nitrogens is 2. The van der Waals surface area contributed by atoms with E-state index < -0.39 is 5.91 Å². The Morgan fingerprint density at radius 3 is 2.60 bits per heavy atom. The summed E-state index contributed by atoms with van der Waals surface area (Å²) in [5, 5.41) is 8.65. The standard InChI is InChI=1S/C17H19N5O3/c1-25-15-4-2-3-12(6-15)21-9-14-5-13(21)10-22(14)17-18-7-11(8-19-17)16(23)20-24/h2-4,6-8,13-14,24H,5,9-10H2,1H3,(H,20,23). The third kappa shape index (κ3) is 2.74. The summed E-state index contributed by atoms with van der Waals surface area (Å²) in [6.07, 6.45) is 3.92. The highest BCUT2D eigenvalue weighted by atomic mass is 16.5. The van der Waals surface area contributed by atoms with E-state index in [2.05, 4.69) is 31.9 Å². The predicted molar refractivity (Wildman–Crippen MR) is 91.2 cm³/mol. The van der Waals surface area contributed by atoms with E-state index in [1.807, 2.05) is 12.1 Å². The summed E-state index contributed by atoms with van der Waals surface area (Å²) >= 11 is 0. The minimum Gasteiger partial charge on any atom is -0.497 e. The van der Waals surface area contributed by atoms with Gasteiger partial charge in [0.15, 0.2) is 0 Å². The van der Waals surface area contributed by atoms with Gasteiger partial charge in [0.25, 0.3) is 5.91 Å². The molecule has 2 aromatic rings. The number of hydroxylamine groups is 1. The minimum atomic E-state index is -0.612. The minimum absolute atomic E-state index is 0.230. The largest absolute Gasteiger partial charge is 0.497 e. The number of carbonyl (C=O) groups excluding carboxylic acids is 1. The highest BCUT2D eigenvalue weighted by molar-refractivity contribution is 5.92. The maximum Gasteiger partial charge on any atom is 0.277 e. The molecule has 1 aromatic heterocycles. The summed E-state index contributed by atoms with van der Waals surface area (Å²) in [6.45, 7) is 1.74. The number of rotatable bonds is 4. The van der Waals surface area contributed by atoms with Crippen molar-refractivity contribution < 1.29 is 14.7 Å². The molecule has 2 unspecified atom stereocenters. The second kappa shape index (κ2) is 6.21. The zero-order valence-electron chi connectivity index (χ0n) is 13.8. The first kappa shape index (κ1) is 15.6. The molecule has 130 valence electrons. The van der Waals surface area contributed by atoms with Gasteiger partial charge in [0, 0.05) is 43.3 Å². The van der Waals surface area contributed by atoms with Gasteiger partial charge in [-0.2, -0.15) is 0 Å². The van der Waals surface area contributed by atoms with Crippen molar-refractivity contribution in [3.05, 3.63) is 42.2 Å². The van der Waals surface area contributed by atoms with Gasteiger partial charge in [-0.25, -0.2) is 15.4 Å². The molecule has 3 heterocycles. The van der Waals surface area contributed by atoms with Crippen LogP contribution in [0.1, 0.15) is 16.8 Å². The number of fused-ring (bicyclic) bond motifs is 2. The number of benzene rings is 1. The molecule has 4 rings (SSSR count). The normalized spacial score (nSPS) is 21.5. The summed E-state index contributed by atoms with van der Waals surface area (Å²) in [4.78, 5) is 24.5. The molecule has 0 radical (unpaired) electrons. The second-order valence-electron chi connectivity index (χ2n) is 6.26. The lowest BCUT2D eigenvalue weighted by Gasteiger charge is -2.35. The van der Waals surface area contributed by atoms with Crippen LogP contribution in [0.4, 0.5) is 11.6 Å². The lowest BCUT2D eigenvalue weighted by atomic mass is 10.2. The van der Waals surface area contributed by atoms with Crippen LogP contribution in [0.2, 0.25) is 0 Å². The maximum absolute atomic E-state index is 11.4. The topological polar surface area (TPSA) is 90.8 Å². The number of methoxy groups -OCH3 is 1. The van der Waals surface area contributed by atoms with E-state index in [1.165, 1.54) is 18.1 Å². The van der Waals surface area contributed by atoms with Gasteiger partial charge >= 0.3 is 0 Å². The molecule has 0 saturated carbocycles. The molecular weight excluding hydrogens is 322 g/mol. The summed E-state index contributed by atoms with van der Waals surface area (Å²) in [6, 6.07) is 8.86. The highest BCUT2D eigenvalue weighted by Gasteiger charge is 2.44. The average molecular weight is 341 g/mol. The fourth-order valence-corrected chi connectivity index (χ4v) is 3.67. The summed E-state index contributed by atoms with van der Waals surface area (Å²) in [7, 11) is 1.68. The van der Waals surface area contributed by atoms with E-state index in [9.17, 15) is 4.79 Å². The Morgan fingerprint density at radius 1 is 1.24 bits per heavy atom. The molecule has 2 bridgehead atoms. The Kier molecular flexibility index (Phi) is 3.89. The molecule has 2 saturated heterocycles. The van der Waals surface area contributed by atoms with Crippen molar-refractivity contribution in [2.75, 3.05) is 30.0 Å². The van der Waals surface area contributed by atoms with Crippen LogP contribution in [0.25, 0.3) is 0 Å². The Balaban J connectivity index is 1.48. The Morgan fingerprint density at radius 2 is 1.96 bits per heavy atom. The number of nitrogens with zero attached hydrogens (tertiary/aromatic N) is 4. The third-order valence-electron chi connectivity index (χ3n) is 4.88. The molecule has 0 aliphatic carbocycles. The first-order valence-corrected chi connectivity index (χ1v) is 8.13. The van der Waals surface area contributed by atoms with Crippen LogP contribution in [0.5, 0.6) is 5.75 Å². The van der Waals surface area contributed by atoms with Crippen LogP contribution in [-0.2, 0) is 0 Å². The molecule has 1 aromatic carbocycles. The third-order valence-corrected chi connectivity index (χ3v) is 4.88. The van der Waals surface area contributed by atoms with E-state index in [1.54, 1.807) is 12.6 Å². The lowest BCUT2D eigenvalue weighted by molar-refractivity contribution is 0.0705. The van der Waals surface area contributed by atoms with Crippen molar-refractivity contribution in [2.45, 2.75) is 18.5 Å². The summed E-state index contributed by atoms with van der Waals surface area (Å²) in [5.41, 5.74) is 2.98. The zero-order valence-corrected chi connectivity index (χ0v) is 13.8. The number of carbonyl (C=O) groups is 1. The van der Waals surface area contributed by atoms with E-state index >= 15 is 0 Å². The van der Waals surface area contributed by atoms with E-state index in [0.717, 1.165) is 25.3 Å². The van der Waals surface area contributed by atoms with E-state index in [-0.39, 0.29) is 5.56 Å². The number of amides is 1. The Labute approximate surface area is 145 Å². The fraction of sp³-hybridized carbons (Fsp3) is 0.353. The molecule has 2 N–H and O–H groups in total. The summed E-state index contributed by atoms with van der Waals surface area (Å²) < 4.78 is 5.32. The second-order valence-corrected chi connectivity index (χ2v) is 6.26. The van der Waals surface area contributed by atoms with Gasteiger partial charge in [0.2, 0.25) is 5.95 Å². The fourth-order valence-electron chi connectivity index (χ4n) is 3.67. The quantitative estimate of drug-likeness (QED) is 0.635. The van der Waals surface area contributed by atoms with Crippen LogP contribution < -0.4 is 20.0 Å². The predicted octanol–water partition coefficient (Wildman–Crippen LogP) is 1.07. The number of nitrogens with one attached hydrogen (secondary N) is 1. The molecule has 1 amide bonds. The van der Waals surface area contributed by atoms with Crippen molar-refractivity contribution in [1.29, 1.82) is 0 Å². The molecule has 2 aliphatic rings. The smallest absolute Gasteiger partial charge is 0.277 e. The van der Waals surface area contributed by atoms with Gasteiger partial charge in [0.1, 0.15) is 5.75 Å². The van der Waals surface area contributed by atoms with Crippen LogP contribution in [0, 0.1) is 0 Å². The van der Waals surface area contributed by atoms with E-state index in [0.29, 0.717) is 18.0 Å². The molecule has 8 nitrogen and oxygen atoms in total. The molecular formula is C17H19N5O3. The van der Waals surface area contributed by atoms with Crippen LogP contribution in [-0.4, -0.2) is 53.4 Å². The Bertz CT molecular complexity index is 782. The number of anilines is 2. The number of hydrogen-bond acceptors (Lipinski definition) is 7. The van der Waals surface area contributed by atoms with Crippen molar-refractivity contribution >= 4 is 17.5 Å². The van der Waals surface area contributed by atoms with Crippen LogP contribution >= 0.6 is 0 Å². The van der Waals surface area contributed by atoms with Gasteiger partial charge < -0.3 is 14.5 Å². The van der Waals surface area contributed by atoms with Crippen molar-refractivity contribution in [3.8, 4) is 5.75 Å². The molecule has 2 fully saturated rings. The van der Waals surface area contributed by atoms with Gasteiger partial charge in [0.05, 0.1) is 18.7 Å². The van der Waals surface area contributed by atoms with Gasteiger partial charge in [-0.1, -0.05) is 6.07 Å². The molecule has 0 spiro atoms. The molecule has 2 atom stereocenters. The first-order valence-electron chi connectivity index (χ1n) is 8.13. The van der Waals surface area contributed by atoms with Gasteiger partial charge in [-0.05, 0) is 18.6 Å². The van der Waals surface area contributed by atoms with Crippen LogP contribution in [0.3, 0.4) is 0 Å². The molecule has 2 aliphatic heterocycles. The molecule has 8 heteroatoms. The van der Waals surface area contributed by atoms with E-state index in [4.69, 9.17) is 9.94 Å². The number of ether oxygens (including phenoxy) is 1. The monoisotopic (exact) mass is 341 g/mol. The number of hydrogen-bond donors (Lipinski definition) is 2.